The van der Waals surface area contributed by atoms with Crippen molar-refractivity contribution in [3.8, 4) is 0 Å². The van der Waals surface area contributed by atoms with Gasteiger partial charge in [-0.25, -0.2) is 19.9 Å². The molecule has 7 nitrogen and oxygen atoms in total. The third-order valence-corrected chi connectivity index (χ3v) is 25.4. The number of aliphatic hydroxyl groups is 1. The lowest BCUT2D eigenvalue weighted by atomic mass is 9.85. The summed E-state index contributed by atoms with van der Waals surface area (Å²) in [6.07, 6.45) is 7.44. The number of aliphatic hydroxyl groups excluding tert-OH is 1. The first-order valence-electron chi connectivity index (χ1n) is 17.0. The molecule has 1 N–H and O–H groups in total. The summed E-state index contributed by atoms with van der Waals surface area (Å²) in [7, 11) is -3.75. The van der Waals surface area contributed by atoms with Crippen molar-refractivity contribution < 1.29 is 5.11 Å². The molecule has 4 aromatic heterocycles. The van der Waals surface area contributed by atoms with E-state index in [2.05, 4.69) is 184 Å². The fraction of sp³-hybridized carbons (Fsp3) is 0.657. The van der Waals surface area contributed by atoms with E-state index in [0.29, 0.717) is 37.9 Å². The lowest BCUT2D eigenvalue weighted by molar-refractivity contribution is 0.0637. The van der Waals surface area contributed by atoms with Crippen LogP contribution in [-0.2, 0) is 0 Å². The van der Waals surface area contributed by atoms with Gasteiger partial charge < -0.3 is 13.6 Å². The van der Waals surface area contributed by atoms with Crippen LogP contribution in [0.5, 0.6) is 0 Å². The zero-order valence-corrected chi connectivity index (χ0v) is 38.4. The highest BCUT2D eigenvalue weighted by atomic mass is 127. The molecule has 0 amide bonds. The molecule has 0 aliphatic rings. The summed E-state index contributed by atoms with van der Waals surface area (Å²) in [4.78, 5) is 18.8. The highest BCUT2D eigenvalue weighted by Gasteiger charge is 2.48. The van der Waals surface area contributed by atoms with Crippen molar-refractivity contribution in [3.05, 3.63) is 43.1 Å². The van der Waals surface area contributed by atoms with Crippen LogP contribution in [0.2, 0.25) is 33.2 Å². The number of nitrogens with zero attached hydrogens (tertiary/aromatic N) is 6. The molecule has 4 aromatic rings. The topological polar surface area (TPSA) is 81.6 Å². The predicted molar refractivity (Wildman–Crippen MR) is 220 cm³/mol. The van der Waals surface area contributed by atoms with E-state index in [1.165, 1.54) is 3.57 Å². The Bertz CT molecular complexity index is 1630. The number of fused-ring (bicyclic) bond motifs is 2. The molecular formula is C35H57Br2IN6OSi2. The number of aromatic nitrogens is 6. The molecule has 1 atom stereocenters. The maximum atomic E-state index is 11.1. The van der Waals surface area contributed by atoms with Gasteiger partial charge in [0.25, 0.3) is 0 Å². The average molecular weight is 921 g/mol. The lowest BCUT2D eigenvalue weighted by Crippen LogP contribution is -2.51. The van der Waals surface area contributed by atoms with Crippen molar-refractivity contribution in [2.45, 2.75) is 143 Å². The van der Waals surface area contributed by atoms with E-state index in [1.54, 1.807) is 6.20 Å². The molecule has 0 bridgehead atoms. The van der Waals surface area contributed by atoms with Gasteiger partial charge in [-0.15, -0.1) is 0 Å². The molecule has 0 aliphatic heterocycles. The van der Waals surface area contributed by atoms with Gasteiger partial charge in [-0.1, -0.05) is 104 Å². The molecule has 0 saturated carbocycles. The fourth-order valence-electron chi connectivity index (χ4n) is 8.85. The largest absolute Gasteiger partial charge is 0.388 e. The van der Waals surface area contributed by atoms with E-state index < -0.39 is 22.6 Å². The van der Waals surface area contributed by atoms with Crippen molar-refractivity contribution in [2.75, 3.05) is 0 Å². The quantitative estimate of drug-likeness (QED) is 0.134. The molecule has 12 heteroatoms. The number of rotatable bonds is 9. The lowest BCUT2D eigenvalue weighted by Gasteiger charge is -2.44. The standard InChI is InChI=1S/C20H34BrN3OSi.C15H23BrIN3Si/c1-12(2)26(13(3)4,14(5)6)24-11-15(18(25)20(7,8)9)17-19(24)22-10-16(21)23-17;1-9(2)21(10(3)4,11(5)6)20-8-12(17)14-15(20)18-7-13(16)19-14/h10-14,18,25H,1-9H3;7-11H,1-6H3. The molecule has 4 heterocycles. The highest BCUT2D eigenvalue weighted by Crippen LogP contribution is 2.47. The Labute approximate surface area is 316 Å². The molecule has 0 spiro atoms. The number of halogens is 3. The Hall–Kier alpha value is -0.676. The zero-order chi connectivity index (χ0) is 36.0. The summed E-state index contributed by atoms with van der Waals surface area (Å²) in [5, 5.41) is 11.1. The number of hydrogen-bond acceptors (Lipinski definition) is 5. The van der Waals surface area contributed by atoms with Crippen molar-refractivity contribution in [1.29, 1.82) is 0 Å². The van der Waals surface area contributed by atoms with E-state index in [-0.39, 0.29) is 5.41 Å². The smallest absolute Gasteiger partial charge is 0.171 e. The number of hydrogen-bond donors (Lipinski definition) is 1. The van der Waals surface area contributed by atoms with Crippen LogP contribution < -0.4 is 0 Å². The van der Waals surface area contributed by atoms with Gasteiger partial charge >= 0.3 is 0 Å². The molecular weight excluding hydrogens is 863 g/mol. The molecule has 1 unspecified atom stereocenters. The highest BCUT2D eigenvalue weighted by molar-refractivity contribution is 14.1. The SMILES string of the molecule is CC(C)[Si](C(C)C)(C(C)C)n1cc(C(O)C(C)(C)C)c2nc(Br)cnc21.CC(C)[Si](C(C)C)(C(C)C)n1cc(I)c2nc(Br)cnc21. The third kappa shape index (κ3) is 7.39. The second kappa shape index (κ2) is 15.3. The fourth-order valence-corrected chi connectivity index (χ4v) is 23.4. The van der Waals surface area contributed by atoms with E-state index in [1.807, 2.05) is 6.20 Å². The molecule has 262 valence electrons. The molecule has 4 rings (SSSR count). The Morgan fingerprint density at radius 2 is 0.979 bits per heavy atom. The summed E-state index contributed by atoms with van der Waals surface area (Å²) in [5.74, 6) is 0. The van der Waals surface area contributed by atoms with Crippen LogP contribution in [0.15, 0.2) is 34.0 Å². The summed E-state index contributed by atoms with van der Waals surface area (Å²) in [6, 6.07) is 0. The van der Waals surface area contributed by atoms with Crippen molar-refractivity contribution in [3.63, 3.8) is 0 Å². The van der Waals surface area contributed by atoms with Crippen LogP contribution in [0.25, 0.3) is 22.3 Å². The molecule has 0 fully saturated rings. The van der Waals surface area contributed by atoms with Gasteiger partial charge in [0, 0.05) is 18.0 Å². The van der Waals surface area contributed by atoms with E-state index in [4.69, 9.17) is 15.0 Å². The van der Waals surface area contributed by atoms with E-state index in [0.717, 1.165) is 32.5 Å². The Morgan fingerprint density at radius 1 is 0.638 bits per heavy atom. The van der Waals surface area contributed by atoms with Crippen LogP contribution in [0.3, 0.4) is 0 Å². The summed E-state index contributed by atoms with van der Waals surface area (Å²) in [5.41, 5.74) is 8.00. The minimum atomic E-state index is -1.98. The van der Waals surface area contributed by atoms with Crippen LogP contribution in [0.1, 0.15) is 116 Å². The predicted octanol–water partition coefficient (Wildman–Crippen LogP) is 12.1. The molecule has 0 saturated heterocycles. The first-order valence-corrected chi connectivity index (χ1v) is 24.0. The molecule has 0 aromatic carbocycles. The van der Waals surface area contributed by atoms with Gasteiger partial charge in [-0.05, 0) is 93.1 Å². The Morgan fingerprint density at radius 3 is 1.34 bits per heavy atom. The van der Waals surface area contributed by atoms with Gasteiger partial charge in [0.05, 0.1) is 22.1 Å². The van der Waals surface area contributed by atoms with Crippen LogP contribution in [-0.4, -0.2) is 50.0 Å². The summed E-state index contributed by atoms with van der Waals surface area (Å²) >= 11 is 9.28. The second-order valence-electron chi connectivity index (χ2n) is 16.0. The van der Waals surface area contributed by atoms with Gasteiger partial charge in [-0.3, -0.25) is 0 Å². The van der Waals surface area contributed by atoms with E-state index >= 15 is 0 Å². The molecule has 47 heavy (non-hydrogen) atoms. The summed E-state index contributed by atoms with van der Waals surface area (Å²) in [6.45, 7) is 34.4. The van der Waals surface area contributed by atoms with Gasteiger partial charge in [0.1, 0.15) is 20.2 Å². The minimum Gasteiger partial charge on any atom is -0.388 e. The Balaban J connectivity index is 0.000000261. The van der Waals surface area contributed by atoms with Crippen molar-refractivity contribution >= 4 is 93.2 Å². The van der Waals surface area contributed by atoms with Gasteiger partial charge in [-0.2, -0.15) is 0 Å². The van der Waals surface area contributed by atoms with Crippen LogP contribution in [0, 0.1) is 8.99 Å². The van der Waals surface area contributed by atoms with Crippen molar-refractivity contribution in [1.82, 2.24) is 28.4 Å². The van der Waals surface area contributed by atoms with Gasteiger partial charge in [0.15, 0.2) is 27.8 Å². The Kier molecular flexibility index (Phi) is 13.3. The third-order valence-electron chi connectivity index (χ3n) is 10.4. The summed E-state index contributed by atoms with van der Waals surface area (Å²) < 4.78 is 7.65. The first-order chi connectivity index (χ1) is 21.6. The zero-order valence-electron chi connectivity index (χ0n) is 31.1. The second-order valence-corrected chi connectivity index (χ2v) is 30.2. The molecule has 0 aliphatic carbocycles. The molecule has 0 radical (unpaired) electrons. The van der Waals surface area contributed by atoms with Gasteiger partial charge in [0.2, 0.25) is 0 Å². The first kappa shape index (κ1) is 40.8. The monoisotopic (exact) mass is 918 g/mol. The van der Waals surface area contributed by atoms with Crippen LogP contribution >= 0.6 is 54.5 Å². The maximum Gasteiger partial charge on any atom is 0.171 e. The maximum absolute atomic E-state index is 11.1. The van der Waals surface area contributed by atoms with Crippen LogP contribution in [0.4, 0.5) is 0 Å². The minimum absolute atomic E-state index is 0.263. The van der Waals surface area contributed by atoms with Crippen molar-refractivity contribution in [2.24, 2.45) is 5.41 Å². The van der Waals surface area contributed by atoms with E-state index in [9.17, 15) is 5.11 Å². The normalized spacial score (nSPS) is 14.1. The average Bonchev–Trinajstić information content (AvgIpc) is 3.45.